The molecule has 78 valence electrons. The summed E-state index contributed by atoms with van der Waals surface area (Å²) in [6.07, 6.45) is 5.98. The Morgan fingerprint density at radius 3 is 2.93 bits per heavy atom. The average Bonchev–Trinajstić information content (AvgIpc) is 2.93. The van der Waals surface area contributed by atoms with Gasteiger partial charge in [-0.3, -0.25) is 5.10 Å². The summed E-state index contributed by atoms with van der Waals surface area (Å²) in [5.74, 6) is 0.937. The zero-order valence-corrected chi connectivity index (χ0v) is 9.01. The maximum absolute atomic E-state index is 4.02. The van der Waals surface area contributed by atoms with Gasteiger partial charge in [0.05, 0.1) is 6.20 Å². The zero-order chi connectivity index (χ0) is 9.97. The molecular formula is C11H19N3. The summed E-state index contributed by atoms with van der Waals surface area (Å²) in [5, 5.41) is 10.6. The maximum atomic E-state index is 4.02. The normalized spacial score (nSPS) is 18.4. The fourth-order valence-corrected chi connectivity index (χ4v) is 1.94. The van der Waals surface area contributed by atoms with Crippen LogP contribution in [0.1, 0.15) is 37.4 Å². The van der Waals surface area contributed by atoms with E-state index in [-0.39, 0.29) is 0 Å². The Morgan fingerprint density at radius 1 is 1.64 bits per heavy atom. The van der Waals surface area contributed by atoms with E-state index in [1.54, 1.807) is 0 Å². The van der Waals surface area contributed by atoms with E-state index >= 15 is 0 Å². The predicted molar refractivity (Wildman–Crippen MR) is 57.0 cm³/mol. The van der Waals surface area contributed by atoms with E-state index in [9.17, 15) is 0 Å². The quantitative estimate of drug-likeness (QED) is 0.751. The molecule has 2 rings (SSSR count). The van der Waals surface area contributed by atoms with Crippen molar-refractivity contribution in [1.82, 2.24) is 15.5 Å². The molecule has 1 heterocycles. The molecule has 2 N–H and O–H groups in total. The van der Waals surface area contributed by atoms with Gasteiger partial charge in [0, 0.05) is 23.8 Å². The molecule has 0 amide bonds. The molecule has 3 nitrogen and oxygen atoms in total. The molecule has 0 aromatic carbocycles. The fourth-order valence-electron chi connectivity index (χ4n) is 1.94. The molecule has 1 atom stereocenters. The largest absolute Gasteiger partial charge is 0.310 e. The first-order valence-corrected chi connectivity index (χ1v) is 5.53. The lowest BCUT2D eigenvalue weighted by Gasteiger charge is -2.15. The predicted octanol–water partition coefficient (Wildman–Crippen LogP) is 2.00. The highest BCUT2D eigenvalue weighted by atomic mass is 15.1. The molecule has 14 heavy (non-hydrogen) atoms. The molecule has 3 heteroatoms. The summed E-state index contributed by atoms with van der Waals surface area (Å²) in [7, 11) is 0. The van der Waals surface area contributed by atoms with Crippen molar-refractivity contribution in [3.8, 4) is 0 Å². The number of aryl methyl sites for hydroxylation is 1. The number of hydrogen-bond acceptors (Lipinski definition) is 2. The van der Waals surface area contributed by atoms with E-state index in [4.69, 9.17) is 0 Å². The maximum Gasteiger partial charge on any atom is 0.0535 e. The lowest BCUT2D eigenvalue weighted by molar-refractivity contribution is 0.448. The van der Waals surface area contributed by atoms with Gasteiger partial charge in [-0.15, -0.1) is 0 Å². The van der Waals surface area contributed by atoms with Crippen LogP contribution in [0.15, 0.2) is 6.20 Å². The Balaban J connectivity index is 1.83. The minimum atomic E-state index is 0.712. The van der Waals surface area contributed by atoms with Gasteiger partial charge in [0.25, 0.3) is 0 Å². The minimum Gasteiger partial charge on any atom is -0.310 e. The first-order valence-electron chi connectivity index (χ1n) is 5.53. The summed E-state index contributed by atoms with van der Waals surface area (Å²) in [6, 6.07) is 0.712. The van der Waals surface area contributed by atoms with Crippen LogP contribution < -0.4 is 5.32 Å². The average molecular weight is 193 g/mol. The number of nitrogens with zero attached hydrogens (tertiary/aromatic N) is 1. The Bertz CT molecular complexity index is 288. The lowest BCUT2D eigenvalue weighted by atomic mass is 10.1. The van der Waals surface area contributed by atoms with Gasteiger partial charge in [0.2, 0.25) is 0 Å². The second-order valence-electron chi connectivity index (χ2n) is 4.25. The van der Waals surface area contributed by atoms with Crippen molar-refractivity contribution < 1.29 is 0 Å². The minimum absolute atomic E-state index is 0.712. The van der Waals surface area contributed by atoms with Gasteiger partial charge < -0.3 is 5.32 Å². The Hall–Kier alpha value is -0.830. The molecule has 0 saturated heterocycles. The SMILES string of the molecule is CCC(NCc1cn[nH]c1C)C1CC1. The van der Waals surface area contributed by atoms with Crippen molar-refractivity contribution in [2.45, 2.75) is 45.7 Å². The van der Waals surface area contributed by atoms with Crippen molar-refractivity contribution in [2.24, 2.45) is 5.92 Å². The molecule has 0 spiro atoms. The van der Waals surface area contributed by atoms with Gasteiger partial charge in [0.1, 0.15) is 0 Å². The molecule has 0 bridgehead atoms. The lowest BCUT2D eigenvalue weighted by Crippen LogP contribution is -2.29. The number of nitrogens with one attached hydrogen (secondary N) is 2. The van der Waals surface area contributed by atoms with Crippen molar-refractivity contribution in [1.29, 1.82) is 0 Å². The smallest absolute Gasteiger partial charge is 0.0535 e. The third-order valence-electron chi connectivity index (χ3n) is 3.12. The van der Waals surface area contributed by atoms with Crippen molar-refractivity contribution in [3.05, 3.63) is 17.5 Å². The molecule has 1 aliphatic rings. The molecule has 0 aliphatic heterocycles. The van der Waals surface area contributed by atoms with Crippen LogP contribution >= 0.6 is 0 Å². The molecule has 1 unspecified atom stereocenters. The first-order chi connectivity index (χ1) is 6.81. The van der Waals surface area contributed by atoms with Gasteiger partial charge >= 0.3 is 0 Å². The van der Waals surface area contributed by atoms with Crippen LogP contribution in [0.25, 0.3) is 0 Å². The Labute approximate surface area is 85.3 Å². The van der Waals surface area contributed by atoms with Gasteiger partial charge in [-0.05, 0) is 32.1 Å². The van der Waals surface area contributed by atoms with E-state index < -0.39 is 0 Å². The molecule has 0 radical (unpaired) electrons. The van der Waals surface area contributed by atoms with Crippen LogP contribution in [-0.4, -0.2) is 16.2 Å². The number of H-pyrrole nitrogens is 1. The second kappa shape index (κ2) is 4.13. The summed E-state index contributed by atoms with van der Waals surface area (Å²) < 4.78 is 0. The van der Waals surface area contributed by atoms with Gasteiger partial charge in [-0.1, -0.05) is 6.92 Å². The summed E-state index contributed by atoms with van der Waals surface area (Å²) in [4.78, 5) is 0. The second-order valence-corrected chi connectivity index (χ2v) is 4.25. The summed E-state index contributed by atoms with van der Waals surface area (Å²) >= 11 is 0. The van der Waals surface area contributed by atoms with Gasteiger partial charge in [-0.2, -0.15) is 5.10 Å². The van der Waals surface area contributed by atoms with Crippen LogP contribution in [0.5, 0.6) is 0 Å². The number of aromatic amines is 1. The molecule has 1 aliphatic carbocycles. The van der Waals surface area contributed by atoms with E-state index in [2.05, 4.69) is 29.4 Å². The highest BCUT2D eigenvalue weighted by Crippen LogP contribution is 2.33. The van der Waals surface area contributed by atoms with E-state index in [0.717, 1.165) is 12.5 Å². The number of rotatable bonds is 5. The molecule has 1 saturated carbocycles. The highest BCUT2D eigenvalue weighted by molar-refractivity contribution is 5.14. The summed E-state index contributed by atoms with van der Waals surface area (Å²) in [5.41, 5.74) is 2.48. The topological polar surface area (TPSA) is 40.7 Å². The summed E-state index contributed by atoms with van der Waals surface area (Å²) in [6.45, 7) is 5.29. The standard InChI is InChI=1S/C11H19N3/c1-3-11(9-4-5-9)12-6-10-7-13-14-8(10)2/h7,9,11-12H,3-6H2,1-2H3,(H,13,14). The van der Waals surface area contributed by atoms with Crippen LogP contribution in [0, 0.1) is 12.8 Å². The van der Waals surface area contributed by atoms with Crippen molar-refractivity contribution >= 4 is 0 Å². The molecular weight excluding hydrogens is 174 g/mol. The number of hydrogen-bond donors (Lipinski definition) is 2. The zero-order valence-electron chi connectivity index (χ0n) is 9.01. The third kappa shape index (κ3) is 2.15. The van der Waals surface area contributed by atoms with Crippen LogP contribution in [-0.2, 0) is 6.54 Å². The van der Waals surface area contributed by atoms with Crippen LogP contribution in [0.3, 0.4) is 0 Å². The van der Waals surface area contributed by atoms with Crippen molar-refractivity contribution in [3.63, 3.8) is 0 Å². The first kappa shape index (κ1) is 9.71. The van der Waals surface area contributed by atoms with Crippen molar-refractivity contribution in [2.75, 3.05) is 0 Å². The highest BCUT2D eigenvalue weighted by Gasteiger charge is 2.29. The number of aromatic nitrogens is 2. The van der Waals surface area contributed by atoms with Gasteiger partial charge in [-0.25, -0.2) is 0 Å². The van der Waals surface area contributed by atoms with E-state index in [1.165, 1.54) is 30.5 Å². The third-order valence-corrected chi connectivity index (χ3v) is 3.12. The Morgan fingerprint density at radius 2 is 2.43 bits per heavy atom. The van der Waals surface area contributed by atoms with Crippen LogP contribution in [0.4, 0.5) is 0 Å². The van der Waals surface area contributed by atoms with Gasteiger partial charge in [0.15, 0.2) is 0 Å². The van der Waals surface area contributed by atoms with E-state index in [0.29, 0.717) is 6.04 Å². The molecule has 1 fully saturated rings. The molecule has 1 aromatic heterocycles. The van der Waals surface area contributed by atoms with E-state index in [1.807, 2.05) is 6.20 Å². The Kier molecular flexibility index (Phi) is 2.87. The monoisotopic (exact) mass is 193 g/mol. The van der Waals surface area contributed by atoms with Crippen LogP contribution in [0.2, 0.25) is 0 Å². The molecule has 1 aromatic rings. The fraction of sp³-hybridized carbons (Fsp3) is 0.727.